The maximum atomic E-state index is 5.68. The topological polar surface area (TPSA) is 28.4 Å². The molecule has 3 heteroatoms. The first-order chi connectivity index (χ1) is 8.98. The number of hydrogen-bond acceptors (Lipinski definition) is 3. The van der Waals surface area contributed by atoms with Gasteiger partial charge in [0.25, 0.3) is 0 Å². The van der Waals surface area contributed by atoms with Crippen LogP contribution in [0.3, 0.4) is 0 Å². The largest absolute Gasteiger partial charge is 0.468 e. The summed E-state index contributed by atoms with van der Waals surface area (Å²) in [5, 5.41) is 3.53. The SMILES string of the molecule is CCN(Cc1occc1CNC(C)(C)C)CC1CC1. The molecule has 1 aromatic rings. The van der Waals surface area contributed by atoms with E-state index in [-0.39, 0.29) is 5.54 Å². The van der Waals surface area contributed by atoms with Crippen LogP contribution < -0.4 is 5.32 Å². The van der Waals surface area contributed by atoms with Gasteiger partial charge >= 0.3 is 0 Å². The average Bonchev–Trinajstić information content (AvgIpc) is 3.03. The van der Waals surface area contributed by atoms with Gasteiger partial charge in [-0.15, -0.1) is 0 Å². The average molecular weight is 264 g/mol. The molecule has 2 rings (SSSR count). The maximum Gasteiger partial charge on any atom is 0.122 e. The zero-order valence-electron chi connectivity index (χ0n) is 12.8. The second kappa shape index (κ2) is 6.10. The molecule has 1 fully saturated rings. The Bertz CT molecular complexity index is 388. The first-order valence-electron chi connectivity index (χ1n) is 7.50. The van der Waals surface area contributed by atoms with Gasteiger partial charge in [-0.1, -0.05) is 6.92 Å². The van der Waals surface area contributed by atoms with Crippen LogP contribution in [0, 0.1) is 5.92 Å². The van der Waals surface area contributed by atoms with Crippen LogP contribution in [0.25, 0.3) is 0 Å². The van der Waals surface area contributed by atoms with Crippen molar-refractivity contribution >= 4 is 0 Å². The first-order valence-corrected chi connectivity index (χ1v) is 7.50. The van der Waals surface area contributed by atoms with Crippen molar-refractivity contribution in [1.82, 2.24) is 10.2 Å². The van der Waals surface area contributed by atoms with E-state index in [1.54, 1.807) is 0 Å². The molecule has 0 saturated heterocycles. The van der Waals surface area contributed by atoms with E-state index < -0.39 is 0 Å². The fourth-order valence-electron chi connectivity index (χ4n) is 2.20. The highest BCUT2D eigenvalue weighted by molar-refractivity contribution is 5.17. The second-order valence-corrected chi connectivity index (χ2v) is 6.74. The van der Waals surface area contributed by atoms with Crippen LogP contribution in [0.2, 0.25) is 0 Å². The summed E-state index contributed by atoms with van der Waals surface area (Å²) < 4.78 is 5.68. The van der Waals surface area contributed by atoms with Gasteiger partial charge in [0.2, 0.25) is 0 Å². The Morgan fingerprint density at radius 3 is 2.68 bits per heavy atom. The molecule has 19 heavy (non-hydrogen) atoms. The molecule has 1 aromatic heterocycles. The Labute approximate surface area is 117 Å². The summed E-state index contributed by atoms with van der Waals surface area (Å²) in [6.45, 7) is 13.0. The number of rotatable bonds is 7. The fourth-order valence-corrected chi connectivity index (χ4v) is 2.20. The molecule has 0 aliphatic heterocycles. The lowest BCUT2D eigenvalue weighted by atomic mass is 10.1. The van der Waals surface area contributed by atoms with E-state index in [1.807, 2.05) is 6.26 Å². The Kier molecular flexibility index (Phi) is 4.69. The third kappa shape index (κ3) is 5.00. The van der Waals surface area contributed by atoms with Crippen molar-refractivity contribution in [3.8, 4) is 0 Å². The maximum absolute atomic E-state index is 5.68. The highest BCUT2D eigenvalue weighted by Gasteiger charge is 2.24. The minimum Gasteiger partial charge on any atom is -0.468 e. The van der Waals surface area contributed by atoms with Crippen molar-refractivity contribution in [1.29, 1.82) is 0 Å². The molecular formula is C16H28N2O. The van der Waals surface area contributed by atoms with Crippen molar-refractivity contribution in [2.75, 3.05) is 13.1 Å². The summed E-state index contributed by atoms with van der Waals surface area (Å²) in [5.41, 5.74) is 1.44. The Morgan fingerprint density at radius 2 is 2.11 bits per heavy atom. The van der Waals surface area contributed by atoms with Crippen LogP contribution in [-0.2, 0) is 13.1 Å². The second-order valence-electron chi connectivity index (χ2n) is 6.74. The summed E-state index contributed by atoms with van der Waals surface area (Å²) in [6, 6.07) is 2.10. The highest BCUT2D eigenvalue weighted by Crippen LogP contribution is 2.30. The Hall–Kier alpha value is -0.800. The molecule has 0 atom stereocenters. The van der Waals surface area contributed by atoms with Crippen LogP contribution >= 0.6 is 0 Å². The van der Waals surface area contributed by atoms with Crippen LogP contribution in [0.1, 0.15) is 51.9 Å². The smallest absolute Gasteiger partial charge is 0.122 e. The molecule has 0 unspecified atom stereocenters. The van der Waals surface area contributed by atoms with Crippen molar-refractivity contribution < 1.29 is 4.42 Å². The van der Waals surface area contributed by atoms with Crippen LogP contribution in [0.5, 0.6) is 0 Å². The van der Waals surface area contributed by atoms with E-state index in [1.165, 1.54) is 24.9 Å². The van der Waals surface area contributed by atoms with E-state index in [2.05, 4.69) is 44.0 Å². The Balaban J connectivity index is 1.90. The predicted molar refractivity (Wildman–Crippen MR) is 79.0 cm³/mol. The number of nitrogens with zero attached hydrogens (tertiary/aromatic N) is 1. The van der Waals surface area contributed by atoms with Gasteiger partial charge in [0.1, 0.15) is 5.76 Å². The standard InChI is InChI=1S/C16H28N2O/c1-5-18(11-13-6-7-13)12-15-14(8-9-19-15)10-17-16(2,3)4/h8-9,13,17H,5-7,10-12H2,1-4H3. The van der Waals surface area contributed by atoms with E-state index in [9.17, 15) is 0 Å². The van der Waals surface area contributed by atoms with Crippen molar-refractivity contribution in [3.05, 3.63) is 23.7 Å². The lowest BCUT2D eigenvalue weighted by molar-refractivity contribution is 0.244. The van der Waals surface area contributed by atoms with Gasteiger partial charge in [0.05, 0.1) is 12.8 Å². The summed E-state index contributed by atoms with van der Waals surface area (Å²) in [7, 11) is 0. The lowest BCUT2D eigenvalue weighted by Gasteiger charge is -2.22. The predicted octanol–water partition coefficient (Wildman–Crippen LogP) is 3.40. The molecular weight excluding hydrogens is 236 g/mol. The fraction of sp³-hybridized carbons (Fsp3) is 0.750. The summed E-state index contributed by atoms with van der Waals surface area (Å²) in [6.07, 6.45) is 4.64. The third-order valence-electron chi connectivity index (χ3n) is 3.67. The van der Waals surface area contributed by atoms with Crippen LogP contribution in [0.15, 0.2) is 16.7 Å². The molecule has 0 aromatic carbocycles. The molecule has 0 amide bonds. The summed E-state index contributed by atoms with van der Waals surface area (Å²) in [4.78, 5) is 2.50. The van der Waals surface area contributed by atoms with Gasteiger partial charge < -0.3 is 9.73 Å². The highest BCUT2D eigenvalue weighted by atomic mass is 16.3. The first kappa shape index (κ1) is 14.6. The number of furan rings is 1. The molecule has 1 aliphatic carbocycles. The van der Waals surface area contributed by atoms with E-state index in [4.69, 9.17) is 4.42 Å². The zero-order valence-corrected chi connectivity index (χ0v) is 12.8. The number of nitrogens with one attached hydrogen (secondary N) is 1. The molecule has 0 bridgehead atoms. The molecule has 1 heterocycles. The third-order valence-corrected chi connectivity index (χ3v) is 3.67. The van der Waals surface area contributed by atoms with E-state index in [0.29, 0.717) is 0 Å². The van der Waals surface area contributed by atoms with Gasteiger partial charge in [-0.25, -0.2) is 0 Å². The van der Waals surface area contributed by atoms with Gasteiger partial charge in [0.15, 0.2) is 0 Å². The van der Waals surface area contributed by atoms with Crippen molar-refractivity contribution in [2.45, 2.75) is 59.2 Å². The normalized spacial score (nSPS) is 16.3. The van der Waals surface area contributed by atoms with Gasteiger partial charge in [0, 0.05) is 24.2 Å². The molecule has 108 valence electrons. The Morgan fingerprint density at radius 1 is 1.37 bits per heavy atom. The zero-order chi connectivity index (χ0) is 13.9. The molecule has 0 radical (unpaired) electrons. The van der Waals surface area contributed by atoms with Gasteiger partial charge in [-0.3, -0.25) is 4.90 Å². The summed E-state index contributed by atoms with van der Waals surface area (Å²) in [5.74, 6) is 2.06. The summed E-state index contributed by atoms with van der Waals surface area (Å²) >= 11 is 0. The van der Waals surface area contributed by atoms with Crippen LogP contribution in [-0.4, -0.2) is 23.5 Å². The van der Waals surface area contributed by atoms with Gasteiger partial charge in [-0.05, 0) is 52.1 Å². The van der Waals surface area contributed by atoms with Crippen molar-refractivity contribution in [2.24, 2.45) is 5.92 Å². The molecule has 1 N–H and O–H groups in total. The number of hydrogen-bond donors (Lipinski definition) is 1. The molecule has 1 saturated carbocycles. The molecule has 1 aliphatic rings. The van der Waals surface area contributed by atoms with Crippen molar-refractivity contribution in [3.63, 3.8) is 0 Å². The van der Waals surface area contributed by atoms with Crippen LogP contribution in [0.4, 0.5) is 0 Å². The minimum atomic E-state index is 0.146. The van der Waals surface area contributed by atoms with E-state index in [0.717, 1.165) is 31.3 Å². The molecule has 0 spiro atoms. The monoisotopic (exact) mass is 264 g/mol. The van der Waals surface area contributed by atoms with Gasteiger partial charge in [-0.2, -0.15) is 0 Å². The van der Waals surface area contributed by atoms with E-state index >= 15 is 0 Å². The lowest BCUT2D eigenvalue weighted by Crippen LogP contribution is -2.35. The quantitative estimate of drug-likeness (QED) is 0.818. The molecule has 3 nitrogen and oxygen atoms in total. The minimum absolute atomic E-state index is 0.146.